The summed E-state index contributed by atoms with van der Waals surface area (Å²) in [6.45, 7) is -0.552. The summed E-state index contributed by atoms with van der Waals surface area (Å²) in [6.07, 6.45) is 1.11. The topological polar surface area (TPSA) is 132 Å². The summed E-state index contributed by atoms with van der Waals surface area (Å²) in [5, 5.41) is 18.8. The zero-order chi connectivity index (χ0) is 21.8. The Morgan fingerprint density at radius 3 is 2.23 bits per heavy atom. The van der Waals surface area contributed by atoms with E-state index in [0.29, 0.717) is 11.5 Å². The lowest BCUT2D eigenvalue weighted by Gasteiger charge is -2.13. The fraction of sp³-hybridized carbons (Fsp3) is 0.143. The van der Waals surface area contributed by atoms with Crippen molar-refractivity contribution in [2.75, 3.05) is 20.8 Å². The van der Waals surface area contributed by atoms with Gasteiger partial charge in [-0.1, -0.05) is 12.1 Å². The third-order valence-corrected chi connectivity index (χ3v) is 4.30. The van der Waals surface area contributed by atoms with Crippen molar-refractivity contribution in [3.63, 3.8) is 0 Å². The molecular weight excluding hydrogens is 394 g/mol. The van der Waals surface area contributed by atoms with Crippen molar-refractivity contribution < 1.29 is 38.8 Å². The van der Waals surface area contributed by atoms with Gasteiger partial charge in [-0.3, -0.25) is 9.78 Å². The number of carboxylic acids is 2. The van der Waals surface area contributed by atoms with Crippen molar-refractivity contribution in [3.8, 4) is 17.2 Å². The minimum absolute atomic E-state index is 0.00587. The van der Waals surface area contributed by atoms with E-state index in [1.54, 1.807) is 6.07 Å². The molecule has 0 spiro atoms. The van der Waals surface area contributed by atoms with Crippen LogP contribution in [0.25, 0.3) is 10.8 Å². The lowest BCUT2D eigenvalue weighted by Crippen LogP contribution is -2.11. The molecule has 9 nitrogen and oxygen atoms in total. The minimum Gasteiger partial charge on any atom is -0.493 e. The first-order chi connectivity index (χ1) is 14.3. The largest absolute Gasteiger partial charge is 0.493 e. The van der Waals surface area contributed by atoms with E-state index in [-0.39, 0.29) is 33.3 Å². The third kappa shape index (κ3) is 4.00. The van der Waals surface area contributed by atoms with Gasteiger partial charge in [0.05, 0.1) is 19.8 Å². The predicted molar refractivity (Wildman–Crippen MR) is 105 cm³/mol. The van der Waals surface area contributed by atoms with Crippen LogP contribution in [0.4, 0.5) is 0 Å². The van der Waals surface area contributed by atoms with Crippen LogP contribution in [0, 0.1) is 0 Å². The second kappa shape index (κ2) is 8.48. The summed E-state index contributed by atoms with van der Waals surface area (Å²) in [6, 6.07) is 8.95. The maximum absolute atomic E-state index is 13.1. The number of benzene rings is 2. The van der Waals surface area contributed by atoms with Gasteiger partial charge in [-0.05, 0) is 24.3 Å². The van der Waals surface area contributed by atoms with Crippen LogP contribution in [0.2, 0.25) is 0 Å². The van der Waals surface area contributed by atoms with Crippen molar-refractivity contribution in [1.82, 2.24) is 4.98 Å². The van der Waals surface area contributed by atoms with Gasteiger partial charge < -0.3 is 24.4 Å². The predicted octanol–water partition coefficient (Wildman–Crippen LogP) is 2.64. The number of nitrogens with zero attached hydrogens (tertiary/aromatic N) is 1. The molecule has 0 bridgehead atoms. The Labute approximate surface area is 170 Å². The number of rotatable bonds is 8. The standard InChI is InChI=1S/C21H17NO8/c1-28-16-7-13-14(8-17(16)29-2)19(22-9-15(13)21(26)27)20(25)11-4-3-5-12(6-11)30-10-18(23)24/h3-9H,10H2,1-2H3,(H,23,24)(H,26,27). The normalized spacial score (nSPS) is 10.5. The summed E-state index contributed by atoms with van der Waals surface area (Å²) in [7, 11) is 2.84. The second-order valence-corrected chi connectivity index (χ2v) is 6.12. The third-order valence-electron chi connectivity index (χ3n) is 4.30. The molecule has 30 heavy (non-hydrogen) atoms. The van der Waals surface area contributed by atoms with Gasteiger partial charge in [-0.15, -0.1) is 0 Å². The number of carbonyl (C=O) groups is 3. The van der Waals surface area contributed by atoms with Crippen LogP contribution in [0.3, 0.4) is 0 Å². The van der Waals surface area contributed by atoms with Crippen molar-refractivity contribution in [2.45, 2.75) is 0 Å². The van der Waals surface area contributed by atoms with Crippen LogP contribution >= 0.6 is 0 Å². The van der Waals surface area contributed by atoms with Crippen LogP contribution in [0.5, 0.6) is 17.2 Å². The molecule has 0 atom stereocenters. The molecule has 0 aliphatic heterocycles. The van der Waals surface area contributed by atoms with Crippen LogP contribution in [0.15, 0.2) is 42.6 Å². The fourth-order valence-electron chi connectivity index (χ4n) is 2.93. The summed E-state index contributed by atoms with van der Waals surface area (Å²) >= 11 is 0. The van der Waals surface area contributed by atoms with Crippen molar-refractivity contribution >= 4 is 28.5 Å². The molecule has 0 radical (unpaired) electrons. The average molecular weight is 411 g/mol. The summed E-state index contributed by atoms with van der Waals surface area (Å²) < 4.78 is 15.6. The van der Waals surface area contributed by atoms with E-state index in [1.165, 1.54) is 44.6 Å². The van der Waals surface area contributed by atoms with Crippen molar-refractivity contribution in [2.24, 2.45) is 0 Å². The van der Waals surface area contributed by atoms with Gasteiger partial charge in [0.1, 0.15) is 11.4 Å². The number of aliphatic carboxylic acids is 1. The highest BCUT2D eigenvalue weighted by Gasteiger charge is 2.21. The quantitative estimate of drug-likeness (QED) is 0.537. The van der Waals surface area contributed by atoms with Crippen LogP contribution < -0.4 is 14.2 Å². The number of fused-ring (bicyclic) bond motifs is 1. The zero-order valence-corrected chi connectivity index (χ0v) is 16.0. The molecule has 0 saturated heterocycles. The molecule has 2 N–H and O–H groups in total. The number of carbonyl (C=O) groups excluding carboxylic acids is 1. The molecule has 2 aromatic carbocycles. The highest BCUT2D eigenvalue weighted by atomic mass is 16.5. The highest BCUT2D eigenvalue weighted by Crippen LogP contribution is 2.35. The number of aromatic carboxylic acids is 1. The Kier molecular flexibility index (Phi) is 5.82. The summed E-state index contributed by atoms with van der Waals surface area (Å²) in [5.74, 6) is -2.03. The van der Waals surface area contributed by atoms with Crippen LogP contribution in [-0.2, 0) is 4.79 Å². The van der Waals surface area contributed by atoms with Gasteiger partial charge in [-0.25, -0.2) is 9.59 Å². The number of methoxy groups -OCH3 is 2. The average Bonchev–Trinajstić information content (AvgIpc) is 2.75. The molecule has 1 aromatic heterocycles. The Morgan fingerprint density at radius 1 is 0.967 bits per heavy atom. The summed E-state index contributed by atoms with van der Waals surface area (Å²) in [5.41, 5.74) is 0.108. The molecule has 9 heteroatoms. The molecule has 0 aliphatic rings. The first-order valence-corrected chi connectivity index (χ1v) is 8.63. The first kappa shape index (κ1) is 20.6. The number of ketones is 1. The summed E-state index contributed by atoms with van der Waals surface area (Å²) in [4.78, 5) is 39.5. The molecule has 0 aliphatic carbocycles. The van der Waals surface area contributed by atoms with E-state index < -0.39 is 24.3 Å². The molecule has 3 aromatic rings. The second-order valence-electron chi connectivity index (χ2n) is 6.12. The molecule has 0 fully saturated rings. The highest BCUT2D eigenvalue weighted by molar-refractivity contribution is 6.18. The van der Waals surface area contributed by atoms with E-state index in [2.05, 4.69) is 4.98 Å². The number of ether oxygens (including phenoxy) is 3. The number of hydrogen-bond donors (Lipinski definition) is 2. The molecule has 0 unspecified atom stereocenters. The lowest BCUT2D eigenvalue weighted by atomic mass is 9.99. The van der Waals surface area contributed by atoms with Crippen LogP contribution in [0.1, 0.15) is 26.4 Å². The van der Waals surface area contributed by atoms with E-state index in [9.17, 15) is 19.5 Å². The van der Waals surface area contributed by atoms with Gasteiger partial charge in [0, 0.05) is 22.5 Å². The zero-order valence-electron chi connectivity index (χ0n) is 16.0. The number of pyridine rings is 1. The van der Waals surface area contributed by atoms with E-state index in [0.717, 1.165) is 6.20 Å². The number of hydrogen-bond acceptors (Lipinski definition) is 7. The van der Waals surface area contributed by atoms with E-state index in [4.69, 9.17) is 19.3 Å². The molecule has 0 amide bonds. The lowest BCUT2D eigenvalue weighted by molar-refractivity contribution is -0.139. The molecule has 0 saturated carbocycles. The van der Waals surface area contributed by atoms with E-state index >= 15 is 0 Å². The molecule has 154 valence electrons. The smallest absolute Gasteiger partial charge is 0.341 e. The van der Waals surface area contributed by atoms with E-state index in [1.807, 2.05) is 0 Å². The SMILES string of the molecule is COc1cc2c(C(=O)O)cnc(C(=O)c3cccc(OCC(=O)O)c3)c2cc1OC. The van der Waals surface area contributed by atoms with Crippen molar-refractivity contribution in [3.05, 3.63) is 59.4 Å². The Hall–Kier alpha value is -4.14. The first-order valence-electron chi connectivity index (χ1n) is 8.63. The van der Waals surface area contributed by atoms with Gasteiger partial charge in [-0.2, -0.15) is 0 Å². The minimum atomic E-state index is -1.21. The van der Waals surface area contributed by atoms with Gasteiger partial charge in [0.2, 0.25) is 5.78 Å². The molecular formula is C21H17NO8. The maximum Gasteiger partial charge on any atom is 0.341 e. The van der Waals surface area contributed by atoms with Crippen LogP contribution in [-0.4, -0.2) is 53.7 Å². The molecule has 3 rings (SSSR count). The molecule has 1 heterocycles. The van der Waals surface area contributed by atoms with Crippen molar-refractivity contribution in [1.29, 1.82) is 0 Å². The number of aromatic nitrogens is 1. The Balaban J connectivity index is 2.15. The Morgan fingerprint density at radius 2 is 1.63 bits per heavy atom. The fourth-order valence-corrected chi connectivity index (χ4v) is 2.93. The monoisotopic (exact) mass is 411 g/mol. The maximum atomic E-state index is 13.1. The van der Waals surface area contributed by atoms with Gasteiger partial charge in [0.15, 0.2) is 18.1 Å². The number of carboxylic acid groups (broad SMARTS) is 2. The Bertz CT molecular complexity index is 1160. The van der Waals surface area contributed by atoms with Gasteiger partial charge in [0.25, 0.3) is 0 Å². The van der Waals surface area contributed by atoms with Gasteiger partial charge >= 0.3 is 11.9 Å².